The summed E-state index contributed by atoms with van der Waals surface area (Å²) in [5.41, 5.74) is 0.673. The van der Waals surface area contributed by atoms with Crippen molar-refractivity contribution in [3.05, 3.63) is 27.7 Å². The maximum atomic E-state index is 11.9. The Morgan fingerprint density at radius 2 is 1.92 bits per heavy atom. The summed E-state index contributed by atoms with van der Waals surface area (Å²) < 4.78 is 0. The molecule has 0 aromatic heterocycles. The molecule has 0 radical (unpaired) electrons. The van der Waals surface area contributed by atoms with Crippen molar-refractivity contribution >= 4 is 29.1 Å². The summed E-state index contributed by atoms with van der Waals surface area (Å²) >= 11 is 12.0. The second-order valence-corrected chi connectivity index (χ2v) is 6.77. The zero-order valence-electron chi connectivity index (χ0n) is 13.4. The molecule has 1 aliphatic rings. The van der Waals surface area contributed by atoms with E-state index in [0.717, 1.165) is 0 Å². The number of aromatic hydroxyl groups is 1. The first-order valence-electron chi connectivity index (χ1n) is 7.81. The van der Waals surface area contributed by atoms with E-state index in [-0.39, 0.29) is 17.7 Å². The molecule has 0 saturated carbocycles. The van der Waals surface area contributed by atoms with Crippen LogP contribution in [0.1, 0.15) is 24.4 Å². The third kappa shape index (κ3) is 4.13. The number of amides is 1. The minimum atomic E-state index is -1.36. The molecule has 134 valence electrons. The average Bonchev–Trinajstić information content (AvgIpc) is 2.59. The van der Waals surface area contributed by atoms with E-state index >= 15 is 0 Å². The SMILES string of the molecule is CN[C@H](c1cc(Cl)c(Cl)cc1O)C1CCN(C(=O)C(O)CO)CC1. The van der Waals surface area contributed by atoms with E-state index in [1.807, 2.05) is 0 Å². The highest BCUT2D eigenvalue weighted by molar-refractivity contribution is 6.42. The van der Waals surface area contributed by atoms with Crippen molar-refractivity contribution in [3.63, 3.8) is 0 Å². The second-order valence-electron chi connectivity index (χ2n) is 5.95. The molecule has 0 aliphatic carbocycles. The zero-order chi connectivity index (χ0) is 17.9. The van der Waals surface area contributed by atoms with Crippen molar-refractivity contribution < 1.29 is 20.1 Å². The first-order valence-corrected chi connectivity index (χ1v) is 8.57. The summed E-state index contributed by atoms with van der Waals surface area (Å²) in [7, 11) is 1.81. The molecule has 1 unspecified atom stereocenters. The molecule has 1 aliphatic heterocycles. The van der Waals surface area contributed by atoms with Gasteiger partial charge in [-0.2, -0.15) is 0 Å². The average molecular weight is 377 g/mol. The van der Waals surface area contributed by atoms with Gasteiger partial charge in [-0.1, -0.05) is 23.2 Å². The van der Waals surface area contributed by atoms with Gasteiger partial charge in [-0.25, -0.2) is 0 Å². The summed E-state index contributed by atoms with van der Waals surface area (Å²) in [6, 6.07) is 2.97. The maximum Gasteiger partial charge on any atom is 0.253 e. The van der Waals surface area contributed by atoms with E-state index < -0.39 is 18.6 Å². The minimum absolute atomic E-state index is 0.0814. The number of nitrogens with one attached hydrogen (secondary N) is 1. The molecule has 1 heterocycles. The Bertz CT molecular complexity index is 592. The molecule has 1 fully saturated rings. The quantitative estimate of drug-likeness (QED) is 0.625. The first-order chi connectivity index (χ1) is 11.4. The highest BCUT2D eigenvalue weighted by atomic mass is 35.5. The van der Waals surface area contributed by atoms with Crippen molar-refractivity contribution in [3.8, 4) is 5.75 Å². The summed E-state index contributed by atoms with van der Waals surface area (Å²) in [5.74, 6) is -0.180. The molecule has 1 saturated heterocycles. The fraction of sp³-hybridized carbons (Fsp3) is 0.562. The van der Waals surface area contributed by atoms with Crippen LogP contribution in [-0.2, 0) is 4.79 Å². The highest BCUT2D eigenvalue weighted by Gasteiger charge is 2.32. The van der Waals surface area contributed by atoms with Gasteiger partial charge in [-0.15, -0.1) is 0 Å². The van der Waals surface area contributed by atoms with Gasteiger partial charge < -0.3 is 25.5 Å². The molecule has 1 aromatic carbocycles. The maximum absolute atomic E-state index is 11.9. The number of carbonyl (C=O) groups excluding carboxylic acids is 1. The third-order valence-electron chi connectivity index (χ3n) is 4.50. The van der Waals surface area contributed by atoms with Crippen LogP contribution in [0.15, 0.2) is 12.1 Å². The number of aliphatic hydroxyl groups excluding tert-OH is 2. The number of hydrogen-bond acceptors (Lipinski definition) is 5. The molecular formula is C16H22Cl2N2O4. The largest absolute Gasteiger partial charge is 0.508 e. The van der Waals surface area contributed by atoms with Gasteiger partial charge in [-0.05, 0) is 31.9 Å². The summed E-state index contributed by atoms with van der Waals surface area (Å²) in [5, 5.41) is 32.4. The summed E-state index contributed by atoms with van der Waals surface area (Å²) in [6.07, 6.45) is 0.0465. The minimum Gasteiger partial charge on any atom is -0.508 e. The van der Waals surface area contributed by atoms with Crippen molar-refractivity contribution in [1.82, 2.24) is 10.2 Å². The van der Waals surface area contributed by atoms with Crippen LogP contribution in [0.5, 0.6) is 5.75 Å². The van der Waals surface area contributed by atoms with Crippen LogP contribution in [0, 0.1) is 5.92 Å². The number of nitrogens with zero attached hydrogens (tertiary/aromatic N) is 1. The van der Waals surface area contributed by atoms with Crippen molar-refractivity contribution in [2.45, 2.75) is 25.0 Å². The molecule has 2 atom stereocenters. The lowest BCUT2D eigenvalue weighted by Crippen LogP contribution is -2.46. The van der Waals surface area contributed by atoms with E-state index in [1.165, 1.54) is 6.07 Å². The number of benzene rings is 1. The first kappa shape index (κ1) is 19.3. The van der Waals surface area contributed by atoms with Gasteiger partial charge in [0.1, 0.15) is 5.75 Å². The number of aliphatic hydroxyl groups is 2. The van der Waals surface area contributed by atoms with Crippen LogP contribution < -0.4 is 5.32 Å². The number of rotatable bonds is 5. The van der Waals surface area contributed by atoms with Crippen LogP contribution >= 0.6 is 23.2 Å². The molecular weight excluding hydrogens is 355 g/mol. The standard InChI is InChI=1S/C16H22Cl2N2O4/c1-19-15(10-6-11(17)12(18)7-13(10)22)9-2-4-20(5-3-9)16(24)14(23)8-21/h6-7,9,14-15,19,21-23H,2-5,8H2,1H3/t14?,15-/m0/s1. The smallest absolute Gasteiger partial charge is 0.253 e. The zero-order valence-corrected chi connectivity index (χ0v) is 14.9. The Morgan fingerprint density at radius 3 is 2.46 bits per heavy atom. The summed E-state index contributed by atoms with van der Waals surface area (Å²) in [6.45, 7) is 0.400. The van der Waals surface area contributed by atoms with Crippen LogP contribution in [0.4, 0.5) is 0 Å². The van der Waals surface area contributed by atoms with E-state index in [4.69, 9.17) is 28.3 Å². The van der Waals surface area contributed by atoms with Gasteiger partial charge in [0.15, 0.2) is 6.10 Å². The summed E-state index contributed by atoms with van der Waals surface area (Å²) in [4.78, 5) is 13.5. The number of piperidine rings is 1. The van der Waals surface area contributed by atoms with E-state index in [1.54, 1.807) is 18.0 Å². The topological polar surface area (TPSA) is 93.0 Å². The monoisotopic (exact) mass is 376 g/mol. The van der Waals surface area contributed by atoms with E-state index in [2.05, 4.69) is 5.32 Å². The van der Waals surface area contributed by atoms with Crippen LogP contribution in [0.3, 0.4) is 0 Å². The molecule has 4 N–H and O–H groups in total. The van der Waals surface area contributed by atoms with Gasteiger partial charge in [0, 0.05) is 30.8 Å². The molecule has 6 nitrogen and oxygen atoms in total. The highest BCUT2D eigenvalue weighted by Crippen LogP contribution is 2.38. The Kier molecular flexibility index (Phi) is 6.71. The van der Waals surface area contributed by atoms with E-state index in [0.29, 0.717) is 41.5 Å². The fourth-order valence-corrected chi connectivity index (χ4v) is 3.52. The molecule has 1 aromatic rings. The van der Waals surface area contributed by atoms with Gasteiger partial charge in [0.25, 0.3) is 5.91 Å². The van der Waals surface area contributed by atoms with Gasteiger partial charge in [0.05, 0.1) is 16.7 Å². The lowest BCUT2D eigenvalue weighted by molar-refractivity contribution is -0.143. The van der Waals surface area contributed by atoms with Gasteiger partial charge in [0.2, 0.25) is 0 Å². The number of likely N-dealkylation sites (tertiary alicyclic amines) is 1. The molecule has 0 spiro atoms. The Morgan fingerprint density at radius 1 is 1.33 bits per heavy atom. The number of phenols is 1. The molecule has 2 rings (SSSR count). The number of halogens is 2. The third-order valence-corrected chi connectivity index (χ3v) is 5.22. The lowest BCUT2D eigenvalue weighted by Gasteiger charge is -2.37. The van der Waals surface area contributed by atoms with Gasteiger partial charge in [-0.3, -0.25) is 4.79 Å². The lowest BCUT2D eigenvalue weighted by atomic mass is 9.85. The predicted molar refractivity (Wildman–Crippen MR) is 92.3 cm³/mol. The van der Waals surface area contributed by atoms with Gasteiger partial charge >= 0.3 is 0 Å². The Balaban J connectivity index is 2.09. The van der Waals surface area contributed by atoms with Crippen LogP contribution in [0.25, 0.3) is 0 Å². The second kappa shape index (κ2) is 8.36. The van der Waals surface area contributed by atoms with Crippen LogP contribution in [0.2, 0.25) is 10.0 Å². The predicted octanol–water partition coefficient (Wildman–Crippen LogP) is 1.55. The van der Waals surface area contributed by atoms with Crippen LogP contribution in [-0.4, -0.2) is 59.0 Å². The number of phenolic OH excluding ortho intramolecular Hbond substituents is 1. The van der Waals surface area contributed by atoms with Crippen molar-refractivity contribution in [1.29, 1.82) is 0 Å². The molecule has 24 heavy (non-hydrogen) atoms. The van der Waals surface area contributed by atoms with E-state index in [9.17, 15) is 15.0 Å². The Labute approximate surface area is 151 Å². The Hall–Kier alpha value is -1.05. The normalized spacial score (nSPS) is 18.5. The fourth-order valence-electron chi connectivity index (χ4n) is 3.19. The molecule has 0 bridgehead atoms. The van der Waals surface area contributed by atoms with Crippen molar-refractivity contribution in [2.75, 3.05) is 26.7 Å². The molecule has 8 heteroatoms. The van der Waals surface area contributed by atoms with Crippen molar-refractivity contribution in [2.24, 2.45) is 5.92 Å². The molecule has 1 amide bonds. The number of carbonyl (C=O) groups is 1. The number of hydrogen-bond donors (Lipinski definition) is 4.